The number of aliphatic carboxylic acids is 1. The first kappa shape index (κ1) is 36.8. The summed E-state index contributed by atoms with van der Waals surface area (Å²) in [5.41, 5.74) is -4.19. The number of nitrogens with one attached hydrogen (secondary N) is 1. The normalized spacial score (nSPS) is 13.9. The van der Waals surface area contributed by atoms with Crippen LogP contribution in [0, 0.1) is 10.8 Å². The standard InChI is InChI=1S/C34H45NO10/c1-21(42-26(36)23-14-12-11-13-15-23)19-34(27(37)38,35-30(41)45-33(8,9)10)20-22-16-17-24(43-28(39)31(2,3)4)25(18-22)44-29(40)32(5,6)7/h11-18,21H,19-20H2,1-10H3,(H,35,41)(H,37,38)/t21-,34?/m0/s1. The number of hydrogen-bond acceptors (Lipinski definition) is 9. The molecule has 1 unspecified atom stereocenters. The number of ether oxygens (including phenoxy) is 4. The third-order valence-corrected chi connectivity index (χ3v) is 6.25. The summed E-state index contributed by atoms with van der Waals surface area (Å²) >= 11 is 0. The lowest BCUT2D eigenvalue weighted by Gasteiger charge is -2.34. The molecule has 0 aliphatic heterocycles. The molecule has 0 radical (unpaired) electrons. The number of carboxylic acids is 1. The number of rotatable bonds is 10. The minimum absolute atomic E-state index is 0.0394. The van der Waals surface area contributed by atoms with E-state index in [4.69, 9.17) is 18.9 Å². The zero-order valence-electron chi connectivity index (χ0n) is 27.7. The molecule has 11 heteroatoms. The number of amides is 1. The predicted molar refractivity (Wildman–Crippen MR) is 166 cm³/mol. The van der Waals surface area contributed by atoms with Crippen molar-refractivity contribution in [3.05, 3.63) is 59.7 Å². The first-order chi connectivity index (χ1) is 20.5. The topological polar surface area (TPSA) is 155 Å². The monoisotopic (exact) mass is 627 g/mol. The Kier molecular flexibility index (Phi) is 11.6. The van der Waals surface area contributed by atoms with Crippen LogP contribution in [-0.4, -0.2) is 52.3 Å². The third kappa shape index (κ3) is 11.2. The molecule has 11 nitrogen and oxygen atoms in total. The Labute approximate surface area is 264 Å². The van der Waals surface area contributed by atoms with E-state index >= 15 is 0 Å². The van der Waals surface area contributed by atoms with Gasteiger partial charge in [0.15, 0.2) is 11.5 Å². The number of esters is 3. The van der Waals surface area contributed by atoms with Gasteiger partial charge in [0.1, 0.15) is 17.2 Å². The maximum absolute atomic E-state index is 13.0. The van der Waals surface area contributed by atoms with Gasteiger partial charge in [-0.1, -0.05) is 24.3 Å². The zero-order chi connectivity index (χ0) is 34.4. The molecule has 2 atom stereocenters. The largest absolute Gasteiger partial charge is 0.479 e. The summed E-state index contributed by atoms with van der Waals surface area (Å²) in [5.74, 6) is -3.43. The summed E-state index contributed by atoms with van der Waals surface area (Å²) in [6.45, 7) is 16.4. The van der Waals surface area contributed by atoms with Crippen LogP contribution < -0.4 is 14.8 Å². The summed E-state index contributed by atoms with van der Waals surface area (Å²) in [6.07, 6.45) is -2.67. The van der Waals surface area contributed by atoms with Crippen LogP contribution in [0.4, 0.5) is 4.79 Å². The van der Waals surface area contributed by atoms with Gasteiger partial charge in [-0.05, 0) is 99.1 Å². The molecule has 0 aliphatic carbocycles. The second kappa shape index (κ2) is 14.1. The molecule has 246 valence electrons. The molecule has 0 spiro atoms. The highest BCUT2D eigenvalue weighted by atomic mass is 16.6. The lowest BCUT2D eigenvalue weighted by Crippen LogP contribution is -2.58. The average molecular weight is 628 g/mol. The molecule has 0 bridgehead atoms. The van der Waals surface area contributed by atoms with Crippen molar-refractivity contribution in [2.45, 2.75) is 99.3 Å². The van der Waals surface area contributed by atoms with Crippen LogP contribution in [0.1, 0.15) is 91.6 Å². The molecule has 0 saturated heterocycles. The van der Waals surface area contributed by atoms with Crippen LogP contribution in [0.5, 0.6) is 11.5 Å². The Hall–Kier alpha value is -4.41. The molecule has 0 aromatic heterocycles. The molecule has 2 aromatic rings. The van der Waals surface area contributed by atoms with Gasteiger partial charge in [0.25, 0.3) is 0 Å². The number of carbonyl (C=O) groups excluding carboxylic acids is 4. The number of alkyl carbamates (subject to hydrolysis) is 1. The lowest BCUT2D eigenvalue weighted by atomic mass is 9.85. The van der Waals surface area contributed by atoms with E-state index in [1.165, 1.54) is 25.1 Å². The first-order valence-corrected chi connectivity index (χ1v) is 14.6. The van der Waals surface area contributed by atoms with E-state index in [1.807, 2.05) is 0 Å². The minimum Gasteiger partial charge on any atom is -0.479 e. The summed E-state index contributed by atoms with van der Waals surface area (Å²) in [7, 11) is 0. The molecule has 0 fully saturated rings. The minimum atomic E-state index is -2.05. The molecular formula is C34H45NO10. The van der Waals surface area contributed by atoms with E-state index in [0.29, 0.717) is 5.56 Å². The highest BCUT2D eigenvalue weighted by Crippen LogP contribution is 2.34. The Balaban J connectivity index is 2.56. The van der Waals surface area contributed by atoms with Gasteiger partial charge in [0, 0.05) is 12.8 Å². The molecule has 45 heavy (non-hydrogen) atoms. The van der Waals surface area contributed by atoms with Gasteiger partial charge < -0.3 is 29.4 Å². The summed E-state index contributed by atoms with van der Waals surface area (Å²) in [4.78, 5) is 64.2. The van der Waals surface area contributed by atoms with Gasteiger partial charge in [0.05, 0.1) is 16.4 Å². The first-order valence-electron chi connectivity index (χ1n) is 14.6. The van der Waals surface area contributed by atoms with Gasteiger partial charge in [-0.15, -0.1) is 0 Å². The summed E-state index contributed by atoms with van der Waals surface area (Å²) in [6, 6.07) is 12.5. The summed E-state index contributed by atoms with van der Waals surface area (Å²) in [5, 5.41) is 13.0. The maximum atomic E-state index is 13.0. The molecule has 2 aromatic carbocycles. The quantitative estimate of drug-likeness (QED) is 0.233. The zero-order valence-corrected chi connectivity index (χ0v) is 27.7. The van der Waals surface area contributed by atoms with Crippen molar-refractivity contribution in [1.82, 2.24) is 5.32 Å². The maximum Gasteiger partial charge on any atom is 0.408 e. The van der Waals surface area contributed by atoms with Crippen molar-refractivity contribution in [1.29, 1.82) is 0 Å². The Morgan fingerprint density at radius 1 is 0.778 bits per heavy atom. The molecule has 0 saturated carbocycles. The third-order valence-electron chi connectivity index (χ3n) is 6.25. The van der Waals surface area contributed by atoms with Gasteiger partial charge in [-0.25, -0.2) is 14.4 Å². The SMILES string of the molecule is C[C@@H](CC(Cc1ccc(OC(=O)C(C)(C)C)c(OC(=O)C(C)(C)C)c1)(NC(=O)OC(C)(C)C)C(=O)O)OC(=O)c1ccccc1. The van der Waals surface area contributed by atoms with Crippen molar-refractivity contribution in [3.63, 3.8) is 0 Å². The van der Waals surface area contributed by atoms with E-state index in [-0.39, 0.29) is 29.9 Å². The Bertz CT molecular complexity index is 1400. The van der Waals surface area contributed by atoms with Crippen molar-refractivity contribution in [2.24, 2.45) is 10.8 Å². The fourth-order valence-electron chi connectivity index (χ4n) is 3.92. The molecule has 0 heterocycles. The Morgan fingerprint density at radius 3 is 1.80 bits per heavy atom. The molecular weight excluding hydrogens is 582 g/mol. The van der Waals surface area contributed by atoms with Crippen molar-refractivity contribution >= 4 is 30.0 Å². The lowest BCUT2D eigenvalue weighted by molar-refractivity contribution is -0.146. The fourth-order valence-corrected chi connectivity index (χ4v) is 3.92. The van der Waals surface area contributed by atoms with E-state index in [9.17, 15) is 29.1 Å². The van der Waals surface area contributed by atoms with Crippen LogP contribution in [0.2, 0.25) is 0 Å². The second-order valence-electron chi connectivity index (χ2n) is 14.0. The Morgan fingerprint density at radius 2 is 1.31 bits per heavy atom. The van der Waals surface area contributed by atoms with Crippen molar-refractivity contribution in [2.75, 3.05) is 0 Å². The van der Waals surface area contributed by atoms with Crippen LogP contribution in [0.15, 0.2) is 48.5 Å². The van der Waals surface area contributed by atoms with Crippen LogP contribution in [-0.2, 0) is 30.3 Å². The van der Waals surface area contributed by atoms with Crippen LogP contribution in [0.3, 0.4) is 0 Å². The number of carboxylic acid groups (broad SMARTS) is 1. The van der Waals surface area contributed by atoms with Gasteiger partial charge in [0.2, 0.25) is 0 Å². The molecule has 1 amide bonds. The van der Waals surface area contributed by atoms with Crippen molar-refractivity contribution in [3.8, 4) is 11.5 Å². The fraction of sp³-hybridized carbons (Fsp3) is 0.500. The smallest absolute Gasteiger partial charge is 0.408 e. The highest BCUT2D eigenvalue weighted by Gasteiger charge is 2.44. The van der Waals surface area contributed by atoms with E-state index in [2.05, 4.69) is 5.32 Å². The predicted octanol–water partition coefficient (Wildman–Crippen LogP) is 6.12. The van der Waals surface area contributed by atoms with E-state index in [1.54, 1.807) is 92.6 Å². The molecule has 0 aliphatic rings. The van der Waals surface area contributed by atoms with Crippen molar-refractivity contribution < 1.29 is 48.0 Å². The highest BCUT2D eigenvalue weighted by molar-refractivity contribution is 5.89. The van der Waals surface area contributed by atoms with Gasteiger partial charge in [-0.3, -0.25) is 9.59 Å². The summed E-state index contributed by atoms with van der Waals surface area (Å²) < 4.78 is 22.1. The molecule has 2 rings (SSSR count). The van der Waals surface area contributed by atoms with E-state index in [0.717, 1.165) is 0 Å². The molecule has 2 N–H and O–H groups in total. The average Bonchev–Trinajstić information content (AvgIpc) is 2.88. The van der Waals surface area contributed by atoms with Crippen LogP contribution in [0.25, 0.3) is 0 Å². The van der Waals surface area contributed by atoms with Gasteiger partial charge in [-0.2, -0.15) is 0 Å². The number of benzene rings is 2. The number of hydrogen-bond donors (Lipinski definition) is 2. The van der Waals surface area contributed by atoms with Crippen LogP contribution >= 0.6 is 0 Å². The number of carbonyl (C=O) groups is 5. The van der Waals surface area contributed by atoms with E-state index < -0.39 is 58.0 Å². The van der Waals surface area contributed by atoms with Gasteiger partial charge >= 0.3 is 30.0 Å². The second-order valence-corrected chi connectivity index (χ2v) is 14.0.